The van der Waals surface area contributed by atoms with Crippen molar-refractivity contribution >= 4 is 0 Å². The van der Waals surface area contributed by atoms with Crippen molar-refractivity contribution in [2.24, 2.45) is 0 Å². The van der Waals surface area contributed by atoms with Gasteiger partial charge >= 0.3 is 0 Å². The minimum atomic E-state index is 1.15. The van der Waals surface area contributed by atoms with Crippen molar-refractivity contribution in [1.29, 1.82) is 0 Å². The highest BCUT2D eigenvalue weighted by Crippen LogP contribution is 1.94. The van der Waals surface area contributed by atoms with Gasteiger partial charge in [-0.3, -0.25) is 0 Å². The van der Waals surface area contributed by atoms with Crippen LogP contribution in [-0.4, -0.2) is 0 Å². The fourth-order valence-electron chi connectivity index (χ4n) is 0.763. The van der Waals surface area contributed by atoms with Crippen molar-refractivity contribution in [2.45, 2.75) is 33.1 Å². The molecule has 0 saturated heterocycles. The molecular formula is C11H18. The summed E-state index contributed by atoms with van der Waals surface area (Å²) >= 11 is 0. The molecule has 0 radical (unpaired) electrons. The van der Waals surface area contributed by atoms with E-state index in [-0.39, 0.29) is 0 Å². The van der Waals surface area contributed by atoms with Gasteiger partial charge in [-0.2, -0.15) is 0 Å². The second-order valence-electron chi connectivity index (χ2n) is 2.41. The van der Waals surface area contributed by atoms with Crippen LogP contribution in [0.1, 0.15) is 33.1 Å². The summed E-state index contributed by atoms with van der Waals surface area (Å²) in [5.41, 5.74) is 0. The average Bonchev–Trinajstić information content (AvgIpc) is 2.03. The number of allylic oxidation sites excluding steroid dienone is 6. The van der Waals surface area contributed by atoms with Gasteiger partial charge in [0.2, 0.25) is 0 Å². The van der Waals surface area contributed by atoms with E-state index in [9.17, 15) is 0 Å². The first-order chi connectivity index (χ1) is 5.41. The van der Waals surface area contributed by atoms with E-state index >= 15 is 0 Å². The van der Waals surface area contributed by atoms with Gasteiger partial charge < -0.3 is 0 Å². The average molecular weight is 150 g/mol. The normalized spacial score (nSPS) is 12.5. The van der Waals surface area contributed by atoms with Gasteiger partial charge in [-0.1, -0.05) is 43.4 Å². The Morgan fingerprint density at radius 3 is 2.27 bits per heavy atom. The van der Waals surface area contributed by atoms with E-state index in [0.717, 1.165) is 12.8 Å². The maximum absolute atomic E-state index is 2.24. The first kappa shape index (κ1) is 10.2. The zero-order valence-electron chi connectivity index (χ0n) is 7.59. The van der Waals surface area contributed by atoms with Crippen molar-refractivity contribution in [1.82, 2.24) is 0 Å². The van der Waals surface area contributed by atoms with Crippen LogP contribution in [0.15, 0.2) is 36.5 Å². The molecule has 0 aliphatic heterocycles. The molecule has 0 bridgehead atoms. The van der Waals surface area contributed by atoms with Crippen molar-refractivity contribution in [3.05, 3.63) is 36.5 Å². The molecule has 0 heterocycles. The molecule has 0 aromatic heterocycles. The monoisotopic (exact) mass is 150 g/mol. The standard InChI is InChI=1S/C11H18/c1-3-5-7-9-11-10-8-6-4-2/h3,5-9H,4,10-11H2,1-2H3. The van der Waals surface area contributed by atoms with Crippen LogP contribution in [0.2, 0.25) is 0 Å². The molecule has 0 aliphatic rings. The number of unbranched alkanes of at least 4 members (excludes halogenated alkanes) is 1. The van der Waals surface area contributed by atoms with E-state index in [0.29, 0.717) is 0 Å². The van der Waals surface area contributed by atoms with Crippen molar-refractivity contribution in [2.75, 3.05) is 0 Å². The van der Waals surface area contributed by atoms with Crippen molar-refractivity contribution in [3.63, 3.8) is 0 Å². The molecule has 11 heavy (non-hydrogen) atoms. The molecule has 0 rings (SSSR count). The van der Waals surface area contributed by atoms with E-state index < -0.39 is 0 Å². The van der Waals surface area contributed by atoms with Crippen LogP contribution < -0.4 is 0 Å². The number of hydrogen-bond donors (Lipinski definition) is 0. The van der Waals surface area contributed by atoms with Gasteiger partial charge in [0.25, 0.3) is 0 Å². The SMILES string of the molecule is CC=CC=CCCC=CCC. The van der Waals surface area contributed by atoms with E-state index in [1.54, 1.807) is 0 Å². The minimum absolute atomic E-state index is 1.15. The van der Waals surface area contributed by atoms with Gasteiger partial charge in [-0.15, -0.1) is 0 Å². The molecular weight excluding hydrogens is 132 g/mol. The Hall–Kier alpha value is -0.780. The van der Waals surface area contributed by atoms with Crippen molar-refractivity contribution < 1.29 is 0 Å². The predicted octanol–water partition coefficient (Wildman–Crippen LogP) is 3.87. The summed E-state index contributed by atoms with van der Waals surface area (Å²) < 4.78 is 0. The number of hydrogen-bond acceptors (Lipinski definition) is 0. The second kappa shape index (κ2) is 9.22. The maximum Gasteiger partial charge on any atom is -0.0313 e. The Kier molecular flexibility index (Phi) is 8.57. The Bertz CT molecular complexity index is 138. The van der Waals surface area contributed by atoms with Crippen LogP contribution in [0, 0.1) is 0 Å². The highest BCUT2D eigenvalue weighted by Gasteiger charge is 1.73. The smallest absolute Gasteiger partial charge is 0.0313 e. The molecule has 0 amide bonds. The van der Waals surface area contributed by atoms with E-state index in [4.69, 9.17) is 0 Å². The Morgan fingerprint density at radius 2 is 1.64 bits per heavy atom. The summed E-state index contributed by atoms with van der Waals surface area (Å²) in [6.07, 6.45) is 16.3. The Labute approximate surface area is 70.3 Å². The lowest BCUT2D eigenvalue weighted by molar-refractivity contribution is 1.04. The second-order valence-corrected chi connectivity index (χ2v) is 2.41. The lowest BCUT2D eigenvalue weighted by Crippen LogP contribution is -1.63. The van der Waals surface area contributed by atoms with Crippen LogP contribution in [-0.2, 0) is 0 Å². The molecule has 0 saturated carbocycles. The maximum atomic E-state index is 2.24. The summed E-state index contributed by atoms with van der Waals surface area (Å²) in [5, 5.41) is 0. The molecule has 0 spiro atoms. The lowest BCUT2D eigenvalue weighted by atomic mass is 10.2. The molecule has 0 atom stereocenters. The van der Waals surface area contributed by atoms with Crippen LogP contribution in [0.3, 0.4) is 0 Å². The van der Waals surface area contributed by atoms with Crippen LogP contribution >= 0.6 is 0 Å². The Balaban J connectivity index is 3.20. The predicted molar refractivity (Wildman–Crippen MR) is 52.6 cm³/mol. The highest BCUT2D eigenvalue weighted by atomic mass is 13.8. The summed E-state index contributed by atoms with van der Waals surface area (Å²) in [7, 11) is 0. The molecule has 0 unspecified atom stereocenters. The third-order valence-corrected chi connectivity index (χ3v) is 1.34. The molecule has 0 aromatic rings. The van der Waals surface area contributed by atoms with Gasteiger partial charge in [0.1, 0.15) is 0 Å². The number of rotatable bonds is 5. The molecule has 0 fully saturated rings. The van der Waals surface area contributed by atoms with Crippen LogP contribution in [0.4, 0.5) is 0 Å². The largest absolute Gasteiger partial charge is 0.0888 e. The van der Waals surface area contributed by atoms with E-state index in [2.05, 4.69) is 37.3 Å². The van der Waals surface area contributed by atoms with Gasteiger partial charge in [-0.25, -0.2) is 0 Å². The molecule has 0 aliphatic carbocycles. The van der Waals surface area contributed by atoms with E-state index in [1.807, 2.05) is 13.0 Å². The van der Waals surface area contributed by atoms with Gasteiger partial charge in [0, 0.05) is 0 Å². The first-order valence-corrected chi connectivity index (χ1v) is 4.34. The topological polar surface area (TPSA) is 0 Å². The fourth-order valence-corrected chi connectivity index (χ4v) is 0.763. The summed E-state index contributed by atoms with van der Waals surface area (Å²) in [4.78, 5) is 0. The van der Waals surface area contributed by atoms with E-state index in [1.165, 1.54) is 6.42 Å². The van der Waals surface area contributed by atoms with Gasteiger partial charge in [-0.05, 0) is 26.2 Å². The lowest BCUT2D eigenvalue weighted by Gasteiger charge is -1.84. The quantitative estimate of drug-likeness (QED) is 0.317. The van der Waals surface area contributed by atoms with Gasteiger partial charge in [0.05, 0.1) is 0 Å². The first-order valence-electron chi connectivity index (χ1n) is 4.34. The molecule has 0 nitrogen and oxygen atoms in total. The Morgan fingerprint density at radius 1 is 0.909 bits per heavy atom. The van der Waals surface area contributed by atoms with Gasteiger partial charge in [0.15, 0.2) is 0 Å². The summed E-state index contributed by atoms with van der Waals surface area (Å²) in [6.45, 7) is 4.19. The summed E-state index contributed by atoms with van der Waals surface area (Å²) in [5.74, 6) is 0. The molecule has 62 valence electrons. The fraction of sp³-hybridized carbons (Fsp3) is 0.455. The molecule has 0 heteroatoms. The van der Waals surface area contributed by atoms with Crippen molar-refractivity contribution in [3.8, 4) is 0 Å². The minimum Gasteiger partial charge on any atom is -0.0888 e. The summed E-state index contributed by atoms with van der Waals surface area (Å²) in [6, 6.07) is 0. The third kappa shape index (κ3) is 9.22. The van der Waals surface area contributed by atoms with Crippen LogP contribution in [0.5, 0.6) is 0 Å². The highest BCUT2D eigenvalue weighted by molar-refractivity contribution is 5.01. The zero-order valence-corrected chi connectivity index (χ0v) is 7.59. The third-order valence-electron chi connectivity index (χ3n) is 1.34. The van der Waals surface area contributed by atoms with Crippen LogP contribution in [0.25, 0.3) is 0 Å². The molecule has 0 N–H and O–H groups in total. The zero-order chi connectivity index (χ0) is 8.36. The molecule has 0 aromatic carbocycles.